The second-order valence-corrected chi connectivity index (χ2v) is 8.53. The monoisotopic (exact) mass is 408 g/mol. The van der Waals surface area contributed by atoms with Crippen LogP contribution in [0.15, 0.2) is 48.5 Å². The molecule has 2 aromatic rings. The zero-order valence-corrected chi connectivity index (χ0v) is 17.2. The number of hydrogen-bond donors (Lipinski definition) is 1. The lowest BCUT2D eigenvalue weighted by Gasteiger charge is -2.21. The molecule has 1 N–H and O–H groups in total. The zero-order chi connectivity index (χ0) is 20.9. The number of ether oxygens (including phenoxy) is 1. The van der Waals surface area contributed by atoms with Gasteiger partial charge in [-0.1, -0.05) is 19.1 Å². The molecule has 0 saturated heterocycles. The minimum Gasteiger partial charge on any atom is -0.481 e. The topological polar surface area (TPSA) is 75.7 Å². The highest BCUT2D eigenvalue weighted by molar-refractivity contribution is 7.92. The molecule has 0 aromatic heterocycles. The fourth-order valence-corrected chi connectivity index (χ4v) is 3.06. The number of nitrogens with one attached hydrogen (secondary N) is 1. The van der Waals surface area contributed by atoms with E-state index in [0.29, 0.717) is 17.9 Å². The molecule has 0 aliphatic rings. The molecule has 2 atom stereocenters. The van der Waals surface area contributed by atoms with Crippen LogP contribution in [0.5, 0.6) is 5.75 Å². The highest BCUT2D eigenvalue weighted by Crippen LogP contribution is 2.22. The Balaban J connectivity index is 2.02. The highest BCUT2D eigenvalue weighted by atomic mass is 32.2. The van der Waals surface area contributed by atoms with Gasteiger partial charge in [-0.2, -0.15) is 0 Å². The summed E-state index contributed by atoms with van der Waals surface area (Å²) in [6.07, 6.45) is 0.866. The number of carbonyl (C=O) groups is 1. The molecule has 0 spiro atoms. The van der Waals surface area contributed by atoms with Crippen LogP contribution in [0.25, 0.3) is 0 Å². The van der Waals surface area contributed by atoms with Crippen molar-refractivity contribution in [3.63, 3.8) is 0 Å². The Labute approximate surface area is 165 Å². The molecule has 2 aromatic carbocycles. The van der Waals surface area contributed by atoms with Crippen LogP contribution in [0, 0.1) is 5.82 Å². The fraction of sp³-hybridized carbons (Fsp3) is 0.350. The first-order valence-corrected chi connectivity index (χ1v) is 10.7. The van der Waals surface area contributed by atoms with E-state index in [0.717, 1.165) is 16.1 Å². The summed E-state index contributed by atoms with van der Waals surface area (Å²) in [4.78, 5) is 12.5. The summed E-state index contributed by atoms with van der Waals surface area (Å²) in [6, 6.07) is 12.1. The van der Waals surface area contributed by atoms with Gasteiger partial charge in [-0.25, -0.2) is 12.8 Å². The summed E-state index contributed by atoms with van der Waals surface area (Å²) in [5, 5.41) is 2.86. The van der Waals surface area contributed by atoms with Gasteiger partial charge in [-0.05, 0) is 55.3 Å². The molecule has 2 rings (SSSR count). The third kappa shape index (κ3) is 5.69. The van der Waals surface area contributed by atoms with Gasteiger partial charge in [0.25, 0.3) is 5.91 Å². The predicted molar refractivity (Wildman–Crippen MR) is 107 cm³/mol. The second kappa shape index (κ2) is 9.05. The summed E-state index contributed by atoms with van der Waals surface area (Å²) in [5.41, 5.74) is 1.29. The third-order valence-electron chi connectivity index (χ3n) is 4.37. The Morgan fingerprint density at radius 2 is 1.71 bits per heavy atom. The number of halogens is 1. The molecule has 2 unspecified atom stereocenters. The molecule has 6 nitrogen and oxygen atoms in total. The molecule has 28 heavy (non-hydrogen) atoms. The maximum atomic E-state index is 13.0. The van der Waals surface area contributed by atoms with Crippen molar-refractivity contribution in [3.05, 3.63) is 59.9 Å². The number of rotatable bonds is 8. The molecule has 152 valence electrons. The number of benzene rings is 2. The van der Waals surface area contributed by atoms with Crippen LogP contribution in [0.3, 0.4) is 0 Å². The molecule has 0 heterocycles. The van der Waals surface area contributed by atoms with Gasteiger partial charge < -0.3 is 10.1 Å². The molecule has 0 radical (unpaired) electrons. The molecular weight excluding hydrogens is 383 g/mol. The quantitative estimate of drug-likeness (QED) is 0.728. The van der Waals surface area contributed by atoms with Crippen LogP contribution in [0.1, 0.15) is 31.9 Å². The van der Waals surface area contributed by atoms with E-state index in [-0.39, 0.29) is 17.8 Å². The van der Waals surface area contributed by atoms with E-state index in [1.807, 2.05) is 13.8 Å². The van der Waals surface area contributed by atoms with Crippen molar-refractivity contribution >= 4 is 21.6 Å². The van der Waals surface area contributed by atoms with Crippen molar-refractivity contribution in [1.82, 2.24) is 5.32 Å². The molecule has 1 amide bonds. The summed E-state index contributed by atoms with van der Waals surface area (Å²) in [7, 11) is -1.88. The van der Waals surface area contributed by atoms with Gasteiger partial charge in [-0.15, -0.1) is 0 Å². The predicted octanol–water partition coefficient (Wildman–Crippen LogP) is 3.26. The highest BCUT2D eigenvalue weighted by Gasteiger charge is 2.21. The Hall–Kier alpha value is -2.61. The van der Waals surface area contributed by atoms with Gasteiger partial charge in [0.05, 0.1) is 18.0 Å². The maximum Gasteiger partial charge on any atom is 0.261 e. The van der Waals surface area contributed by atoms with E-state index >= 15 is 0 Å². The molecule has 0 fully saturated rings. The van der Waals surface area contributed by atoms with Gasteiger partial charge in [0.1, 0.15) is 11.6 Å². The first-order chi connectivity index (χ1) is 13.1. The minimum absolute atomic E-state index is 0.281. The van der Waals surface area contributed by atoms with Gasteiger partial charge >= 0.3 is 0 Å². The Morgan fingerprint density at radius 3 is 2.21 bits per heavy atom. The molecule has 0 bridgehead atoms. The van der Waals surface area contributed by atoms with Gasteiger partial charge in [0, 0.05) is 7.05 Å². The summed E-state index contributed by atoms with van der Waals surface area (Å²) < 4.78 is 43.1. The number of sulfonamides is 1. The largest absolute Gasteiger partial charge is 0.481 e. The van der Waals surface area contributed by atoms with Gasteiger partial charge in [0.15, 0.2) is 6.10 Å². The molecule has 8 heteroatoms. The standard InChI is InChI=1S/C20H25FN2O4S/c1-5-19(20(24)22-14(2)15-6-8-16(21)9-7-15)27-18-12-10-17(11-13-18)23(3)28(4,25)26/h6-14,19H,5H2,1-4H3,(H,22,24). The van der Waals surface area contributed by atoms with Crippen molar-refractivity contribution < 1.29 is 22.3 Å². The number of carbonyl (C=O) groups excluding carboxylic acids is 1. The van der Waals surface area contributed by atoms with Crippen LogP contribution < -0.4 is 14.4 Å². The lowest BCUT2D eigenvalue weighted by molar-refractivity contribution is -0.128. The normalized spacial score (nSPS) is 13.5. The first kappa shape index (κ1) is 21.7. The molecular formula is C20H25FN2O4S. The van der Waals surface area contributed by atoms with E-state index in [9.17, 15) is 17.6 Å². The average molecular weight is 408 g/mol. The van der Waals surface area contributed by atoms with E-state index in [1.54, 1.807) is 36.4 Å². The fourth-order valence-electron chi connectivity index (χ4n) is 2.55. The zero-order valence-electron chi connectivity index (χ0n) is 16.3. The van der Waals surface area contributed by atoms with Crippen molar-refractivity contribution in [2.45, 2.75) is 32.4 Å². The van der Waals surface area contributed by atoms with E-state index in [1.165, 1.54) is 19.2 Å². The van der Waals surface area contributed by atoms with Crippen LogP contribution in [-0.4, -0.2) is 33.7 Å². The van der Waals surface area contributed by atoms with Crippen LogP contribution in [0.4, 0.5) is 10.1 Å². The number of amides is 1. The minimum atomic E-state index is -3.35. The smallest absolute Gasteiger partial charge is 0.261 e. The summed E-state index contributed by atoms with van der Waals surface area (Å²) in [6.45, 7) is 3.65. The number of anilines is 1. The maximum absolute atomic E-state index is 13.0. The molecule has 0 aliphatic carbocycles. The average Bonchev–Trinajstić information content (AvgIpc) is 2.65. The van der Waals surface area contributed by atoms with Crippen LogP contribution in [-0.2, 0) is 14.8 Å². The Bertz CT molecular complexity index is 899. The van der Waals surface area contributed by atoms with Crippen molar-refractivity contribution in [2.75, 3.05) is 17.6 Å². The SMILES string of the molecule is CCC(Oc1ccc(N(C)S(C)(=O)=O)cc1)C(=O)NC(C)c1ccc(F)cc1. The third-order valence-corrected chi connectivity index (χ3v) is 5.57. The van der Waals surface area contributed by atoms with Gasteiger partial charge in [0.2, 0.25) is 10.0 Å². The molecule has 0 saturated carbocycles. The van der Waals surface area contributed by atoms with E-state index in [2.05, 4.69) is 5.32 Å². The Kier molecular flexibility index (Phi) is 7.01. The van der Waals surface area contributed by atoms with Crippen molar-refractivity contribution in [1.29, 1.82) is 0 Å². The lowest BCUT2D eigenvalue weighted by Crippen LogP contribution is -2.39. The second-order valence-electron chi connectivity index (χ2n) is 6.52. The van der Waals surface area contributed by atoms with Crippen LogP contribution in [0.2, 0.25) is 0 Å². The van der Waals surface area contributed by atoms with E-state index in [4.69, 9.17) is 4.74 Å². The van der Waals surface area contributed by atoms with Crippen molar-refractivity contribution in [3.8, 4) is 5.75 Å². The summed E-state index contributed by atoms with van der Waals surface area (Å²) >= 11 is 0. The number of nitrogens with zero attached hydrogens (tertiary/aromatic N) is 1. The van der Waals surface area contributed by atoms with Gasteiger partial charge in [-0.3, -0.25) is 9.10 Å². The lowest BCUT2D eigenvalue weighted by atomic mass is 10.1. The first-order valence-electron chi connectivity index (χ1n) is 8.88. The number of hydrogen-bond acceptors (Lipinski definition) is 4. The van der Waals surface area contributed by atoms with Crippen LogP contribution >= 0.6 is 0 Å². The van der Waals surface area contributed by atoms with E-state index < -0.39 is 16.1 Å². The summed E-state index contributed by atoms with van der Waals surface area (Å²) in [5.74, 6) is -0.152. The Morgan fingerprint density at radius 1 is 1.14 bits per heavy atom. The molecule has 0 aliphatic heterocycles. The van der Waals surface area contributed by atoms with Crippen molar-refractivity contribution in [2.24, 2.45) is 0 Å².